The Balaban J connectivity index is 1.47. The fourth-order valence-corrected chi connectivity index (χ4v) is 4.18. The van der Waals surface area contributed by atoms with Crippen LogP contribution < -0.4 is 16.4 Å². The van der Waals surface area contributed by atoms with Gasteiger partial charge >= 0.3 is 5.97 Å². The number of nitrogens with two attached hydrogens (primary N) is 1. The van der Waals surface area contributed by atoms with Crippen LogP contribution in [0.5, 0.6) is 0 Å². The van der Waals surface area contributed by atoms with Crippen LogP contribution in [-0.2, 0) is 29.2 Å². The third kappa shape index (κ3) is 5.47. The molecule has 2 amide bonds. The highest BCUT2D eigenvalue weighted by Crippen LogP contribution is 2.27. The number of benzene rings is 3. The maximum absolute atomic E-state index is 14.2. The van der Waals surface area contributed by atoms with Gasteiger partial charge < -0.3 is 31.1 Å². The van der Waals surface area contributed by atoms with Crippen molar-refractivity contribution in [1.29, 1.82) is 5.41 Å². The molecule has 0 saturated heterocycles. The molecule has 11 heteroatoms. The van der Waals surface area contributed by atoms with Gasteiger partial charge in [0.25, 0.3) is 11.8 Å². The zero-order valence-corrected chi connectivity index (χ0v) is 20.5. The average molecular weight is 520 g/mol. The fraction of sp³-hybridized carbons (Fsp3) is 0.185. The van der Waals surface area contributed by atoms with E-state index < -0.39 is 29.8 Å². The number of fused-ring (bicyclic) bond motifs is 1. The van der Waals surface area contributed by atoms with Crippen molar-refractivity contribution in [2.45, 2.75) is 25.9 Å². The van der Waals surface area contributed by atoms with Gasteiger partial charge in [-0.15, -0.1) is 0 Å². The molecule has 4 rings (SSSR count). The number of rotatable bonds is 10. The molecule has 1 atom stereocenters. The Morgan fingerprint density at radius 2 is 1.84 bits per heavy atom. The smallest absolute Gasteiger partial charge is 0.335 e. The van der Waals surface area contributed by atoms with Crippen LogP contribution in [0.2, 0.25) is 0 Å². The Morgan fingerprint density at radius 1 is 1.13 bits per heavy atom. The number of nitrogens with zero attached hydrogens (tertiary/aromatic N) is 1. The lowest BCUT2D eigenvalue weighted by Crippen LogP contribution is -2.48. The number of methoxy groups -OCH3 is 1. The fourth-order valence-electron chi connectivity index (χ4n) is 4.18. The summed E-state index contributed by atoms with van der Waals surface area (Å²) in [5, 5.41) is 22.8. The highest BCUT2D eigenvalue weighted by atomic mass is 19.1. The molecule has 0 bridgehead atoms. The second kappa shape index (κ2) is 11.1. The van der Waals surface area contributed by atoms with Crippen LogP contribution in [0.4, 0.5) is 10.1 Å². The molecule has 1 heterocycles. The third-order valence-corrected chi connectivity index (χ3v) is 6.23. The predicted octanol–water partition coefficient (Wildman–Crippen LogP) is 2.66. The van der Waals surface area contributed by atoms with Crippen molar-refractivity contribution in [1.82, 2.24) is 10.2 Å². The first-order valence-corrected chi connectivity index (χ1v) is 11.6. The molecule has 0 spiro atoms. The second-order valence-electron chi connectivity index (χ2n) is 8.65. The normalized spacial score (nSPS) is 13.1. The zero-order chi connectivity index (χ0) is 27.4. The molecule has 38 heavy (non-hydrogen) atoms. The summed E-state index contributed by atoms with van der Waals surface area (Å²) in [6.07, 6.45) is -1.27. The van der Waals surface area contributed by atoms with Gasteiger partial charge in [0.1, 0.15) is 11.7 Å². The molecule has 0 radical (unpaired) electrons. The van der Waals surface area contributed by atoms with Crippen molar-refractivity contribution in [3.8, 4) is 0 Å². The minimum Gasteiger partial charge on any atom is -0.478 e. The van der Waals surface area contributed by atoms with Gasteiger partial charge in [-0.1, -0.05) is 30.3 Å². The van der Waals surface area contributed by atoms with Crippen molar-refractivity contribution in [3.63, 3.8) is 0 Å². The van der Waals surface area contributed by atoms with E-state index in [-0.39, 0.29) is 35.6 Å². The summed E-state index contributed by atoms with van der Waals surface area (Å²) < 4.78 is 19.5. The average Bonchev–Trinajstić information content (AvgIpc) is 3.24. The molecule has 3 aromatic carbocycles. The maximum Gasteiger partial charge on any atom is 0.335 e. The van der Waals surface area contributed by atoms with E-state index in [0.717, 1.165) is 5.56 Å². The lowest BCUT2D eigenvalue weighted by Gasteiger charge is -2.25. The molecule has 0 fully saturated rings. The van der Waals surface area contributed by atoms with Gasteiger partial charge in [0.2, 0.25) is 6.23 Å². The first-order chi connectivity index (χ1) is 18.2. The Bertz CT molecular complexity index is 1410. The first kappa shape index (κ1) is 26.3. The van der Waals surface area contributed by atoms with Crippen LogP contribution in [0, 0.1) is 11.2 Å². The quantitative estimate of drug-likeness (QED) is 0.203. The maximum atomic E-state index is 14.2. The molecular weight excluding hydrogens is 493 g/mol. The monoisotopic (exact) mass is 519 g/mol. The summed E-state index contributed by atoms with van der Waals surface area (Å²) in [6.45, 7) is 0.309. The van der Waals surface area contributed by atoms with Crippen LogP contribution in [0.15, 0.2) is 60.7 Å². The number of carbonyl (C=O) groups excluding carboxylic acids is 2. The van der Waals surface area contributed by atoms with Gasteiger partial charge in [-0.25, -0.2) is 9.18 Å². The molecule has 10 nitrogen and oxygen atoms in total. The number of halogens is 1. The van der Waals surface area contributed by atoms with Gasteiger partial charge in [-0.05, 0) is 41.5 Å². The first-order valence-electron chi connectivity index (χ1n) is 11.6. The number of carboxylic acid groups (broad SMARTS) is 1. The number of anilines is 1. The number of aromatic carboxylic acids is 1. The number of carboxylic acids is 1. The van der Waals surface area contributed by atoms with Crippen LogP contribution >= 0.6 is 0 Å². The van der Waals surface area contributed by atoms with Crippen molar-refractivity contribution >= 4 is 29.3 Å². The molecule has 3 aromatic rings. The Morgan fingerprint density at radius 3 is 2.47 bits per heavy atom. The lowest BCUT2D eigenvalue weighted by molar-refractivity contribution is -0.140. The van der Waals surface area contributed by atoms with Crippen LogP contribution in [-0.4, -0.2) is 47.0 Å². The molecule has 0 saturated carbocycles. The number of nitrogens with one attached hydrogen (secondary N) is 3. The van der Waals surface area contributed by atoms with E-state index in [4.69, 9.17) is 21.0 Å². The molecule has 196 valence electrons. The van der Waals surface area contributed by atoms with E-state index >= 15 is 0 Å². The van der Waals surface area contributed by atoms with Crippen LogP contribution in [0.1, 0.15) is 43.0 Å². The number of hydrogen-bond acceptors (Lipinski definition) is 6. The van der Waals surface area contributed by atoms with E-state index in [1.54, 1.807) is 30.3 Å². The Kier molecular flexibility index (Phi) is 7.68. The highest BCUT2D eigenvalue weighted by molar-refractivity contribution is 6.01. The van der Waals surface area contributed by atoms with E-state index in [0.29, 0.717) is 23.4 Å². The minimum atomic E-state index is -1.27. The number of hydrogen-bond donors (Lipinski definition) is 5. The number of nitrogen functional groups attached to an aromatic ring is 1. The molecule has 6 N–H and O–H groups in total. The van der Waals surface area contributed by atoms with E-state index in [9.17, 15) is 18.8 Å². The Hall–Kier alpha value is -4.77. The van der Waals surface area contributed by atoms with Crippen molar-refractivity contribution in [3.05, 3.63) is 99.9 Å². The summed E-state index contributed by atoms with van der Waals surface area (Å²) in [6, 6.07) is 15.6. The van der Waals surface area contributed by atoms with Crippen molar-refractivity contribution < 1.29 is 28.6 Å². The summed E-state index contributed by atoms with van der Waals surface area (Å²) in [5.41, 5.74) is 8.79. The van der Waals surface area contributed by atoms with Gasteiger partial charge in [0, 0.05) is 42.6 Å². The molecule has 1 aliphatic heterocycles. The van der Waals surface area contributed by atoms with Crippen LogP contribution in [0.25, 0.3) is 0 Å². The van der Waals surface area contributed by atoms with Gasteiger partial charge in [0.05, 0.1) is 12.1 Å². The molecule has 0 aliphatic carbocycles. The van der Waals surface area contributed by atoms with E-state index in [1.165, 1.54) is 42.3 Å². The topological polar surface area (TPSA) is 158 Å². The summed E-state index contributed by atoms with van der Waals surface area (Å²) in [4.78, 5) is 38.1. The number of amidine groups is 1. The Labute approximate surface area is 217 Å². The van der Waals surface area contributed by atoms with Gasteiger partial charge in [-0.2, -0.15) is 0 Å². The lowest BCUT2D eigenvalue weighted by atomic mass is 10.1. The predicted molar refractivity (Wildman–Crippen MR) is 137 cm³/mol. The molecule has 1 aliphatic rings. The third-order valence-electron chi connectivity index (χ3n) is 6.23. The van der Waals surface area contributed by atoms with Crippen molar-refractivity contribution in [2.24, 2.45) is 5.73 Å². The van der Waals surface area contributed by atoms with E-state index in [2.05, 4.69) is 10.6 Å². The summed E-state index contributed by atoms with van der Waals surface area (Å²) in [7, 11) is 1.29. The highest BCUT2D eigenvalue weighted by Gasteiger charge is 2.37. The number of carbonyl (C=O) groups is 3. The zero-order valence-electron chi connectivity index (χ0n) is 20.5. The van der Waals surface area contributed by atoms with Gasteiger partial charge in [0.15, 0.2) is 0 Å². The number of ether oxygens (including phenoxy) is 1. The molecule has 0 aromatic heterocycles. The van der Waals surface area contributed by atoms with Gasteiger partial charge in [-0.3, -0.25) is 15.0 Å². The van der Waals surface area contributed by atoms with Crippen molar-refractivity contribution in [2.75, 3.05) is 12.4 Å². The standard InChI is InChI=1S/C27H26FN5O5/c1-38-26(33-14-20-19(25(33)35)3-2-4-21(20)28)24(34)32-13-18-10-9-17(23(29)30)11-22(18)31-12-15-5-7-16(8-6-15)27(36)37/h2-11,26,31H,12-14H2,1H3,(H3,29,30)(H,32,34)(H,36,37). The van der Waals surface area contributed by atoms with Crippen LogP contribution in [0.3, 0.4) is 0 Å². The molecular formula is C27H26FN5O5. The summed E-state index contributed by atoms with van der Waals surface area (Å²) in [5.74, 6) is -2.75. The largest absolute Gasteiger partial charge is 0.478 e. The number of amides is 2. The van der Waals surface area contributed by atoms with E-state index in [1.807, 2.05) is 0 Å². The molecule has 1 unspecified atom stereocenters. The SMILES string of the molecule is COC(C(=O)NCc1ccc(C(=N)N)cc1NCc1ccc(C(=O)O)cc1)N1Cc2c(F)cccc2C1=O. The second-order valence-corrected chi connectivity index (χ2v) is 8.65. The summed E-state index contributed by atoms with van der Waals surface area (Å²) >= 11 is 0. The minimum absolute atomic E-state index is 0.0561.